The van der Waals surface area contributed by atoms with Gasteiger partial charge in [0, 0.05) is 19.5 Å². The number of hydrogen-bond acceptors (Lipinski definition) is 2. The van der Waals surface area contributed by atoms with Crippen molar-refractivity contribution in [2.45, 2.75) is 39.9 Å². The Morgan fingerprint density at radius 1 is 1.08 bits per heavy atom. The van der Waals surface area contributed by atoms with E-state index in [9.17, 15) is 4.89 Å². The van der Waals surface area contributed by atoms with Gasteiger partial charge in [0.2, 0.25) is 0 Å². The summed E-state index contributed by atoms with van der Waals surface area (Å²) in [4.78, 5) is 11.3. The molecule has 0 aromatic carbocycles. The normalized spacial score (nSPS) is 11.1. The molecule has 0 heterocycles. The molecule has 0 saturated heterocycles. The fourth-order valence-electron chi connectivity index (χ4n) is 0.667. The number of hydrogen-bond donors (Lipinski definition) is 0. The van der Waals surface area contributed by atoms with Crippen LogP contribution < -0.4 is 24.0 Å². The molecule has 0 unspecified atom stereocenters. The van der Waals surface area contributed by atoms with Crippen LogP contribution in [-0.4, -0.2) is 12.2 Å². The van der Waals surface area contributed by atoms with Gasteiger partial charge >= 0.3 is 7.94 Å². The van der Waals surface area contributed by atoms with Gasteiger partial charge in [-0.05, 0) is 32.6 Å². The Hall–Kier alpha value is 1.66. The minimum absolute atomic E-state index is 0. The molecule has 0 aromatic rings. The van der Waals surface area contributed by atoms with Gasteiger partial charge < -0.3 is 24.0 Å². The molecular weight excluding hydrogens is 355 g/mol. The molecule has 0 N–H and O–H groups in total. The maximum atomic E-state index is 11.3. The van der Waals surface area contributed by atoms with Gasteiger partial charge in [-0.1, -0.05) is 6.66 Å². The van der Waals surface area contributed by atoms with Gasteiger partial charge in [-0.25, -0.2) is 9.05 Å². The van der Waals surface area contributed by atoms with Crippen molar-refractivity contribution in [1.82, 2.24) is 0 Å². The Bertz CT molecular complexity index is 110. The molecule has 0 amide bonds. The minimum atomic E-state index is -3.05. The van der Waals surface area contributed by atoms with Gasteiger partial charge in [-0.15, -0.1) is 0 Å². The van der Waals surface area contributed by atoms with E-state index in [2.05, 4.69) is 6.66 Å². The van der Waals surface area contributed by atoms with Crippen LogP contribution in [0.1, 0.15) is 27.7 Å². The Morgan fingerprint density at radius 3 is 1.46 bits per heavy atom. The molecule has 0 atom stereocenters. The molecule has 6 heteroatoms. The molecule has 0 bridgehead atoms. The third kappa shape index (κ3) is 13.7. The zero-order valence-electron chi connectivity index (χ0n) is 8.62. The van der Waals surface area contributed by atoms with E-state index in [1.807, 2.05) is 0 Å². The van der Waals surface area contributed by atoms with Crippen LogP contribution in [0.2, 0.25) is 0 Å². The predicted octanol–water partition coefficient (Wildman–Crippen LogP) is -0.177. The van der Waals surface area contributed by atoms with Crippen LogP contribution in [0, 0.1) is 6.66 Å². The van der Waals surface area contributed by atoms with Crippen molar-refractivity contribution >= 4 is 7.94 Å². The van der Waals surface area contributed by atoms with Crippen molar-refractivity contribution in [2.75, 3.05) is 0 Å². The third-order valence-electron chi connectivity index (χ3n) is 0.743. The first kappa shape index (κ1) is 20.1. The van der Waals surface area contributed by atoms with E-state index in [0.717, 1.165) is 0 Å². The Morgan fingerprint density at radius 2 is 1.31 bits per heavy atom. The van der Waals surface area contributed by atoms with Gasteiger partial charge in [0.15, 0.2) is 0 Å². The maximum Gasteiger partial charge on any atom is 0.320 e. The topological polar surface area (TPSA) is 38.4 Å². The molecule has 0 spiro atoms. The van der Waals surface area contributed by atoms with Crippen LogP contribution in [-0.2, 0) is 33.4 Å². The standard InChI is InChI=1S/C7H16O3P.HI.Zn/c1-6(2)9-11(5,8)10-7(3)4;;/h6-7H,5H2,1-4H3;1H;/p-1. The van der Waals surface area contributed by atoms with Gasteiger partial charge in [-0.2, -0.15) is 0 Å². The average molecular weight is 371 g/mol. The molecule has 0 aliphatic heterocycles. The maximum absolute atomic E-state index is 11.3. The third-order valence-corrected chi connectivity index (χ3v) is 2.23. The molecule has 0 rings (SSSR count). The van der Waals surface area contributed by atoms with Crippen LogP contribution in [0.4, 0.5) is 0 Å². The average Bonchev–Trinajstić information content (AvgIpc) is 1.53. The molecule has 0 saturated carbocycles. The van der Waals surface area contributed by atoms with E-state index in [-0.39, 0.29) is 55.7 Å². The Kier molecular flexibility index (Phi) is 13.8. The van der Waals surface area contributed by atoms with Crippen molar-refractivity contribution in [3.8, 4) is 0 Å². The largest absolute Gasteiger partial charge is 1.00 e. The molecule has 13 heavy (non-hydrogen) atoms. The van der Waals surface area contributed by atoms with Gasteiger partial charge in [0.05, 0.1) is 12.2 Å². The van der Waals surface area contributed by atoms with E-state index in [4.69, 9.17) is 9.05 Å². The summed E-state index contributed by atoms with van der Waals surface area (Å²) in [6.45, 7) is 10.5. The second-order valence-corrected chi connectivity index (χ2v) is 4.56. The quantitative estimate of drug-likeness (QED) is 0.298. The Labute approximate surface area is 111 Å². The van der Waals surface area contributed by atoms with E-state index >= 15 is 0 Å². The van der Waals surface area contributed by atoms with Crippen molar-refractivity contribution in [3.63, 3.8) is 0 Å². The van der Waals surface area contributed by atoms with Gasteiger partial charge in [-0.3, -0.25) is 0 Å². The van der Waals surface area contributed by atoms with Gasteiger partial charge in [0.25, 0.3) is 0 Å². The molecule has 0 aliphatic carbocycles. The molecule has 1 radical (unpaired) electrons. The summed E-state index contributed by atoms with van der Waals surface area (Å²) in [5.41, 5.74) is 0. The van der Waals surface area contributed by atoms with Crippen molar-refractivity contribution < 1.29 is 57.4 Å². The van der Waals surface area contributed by atoms with Crippen molar-refractivity contribution in [3.05, 3.63) is 6.66 Å². The zero-order valence-corrected chi connectivity index (χ0v) is 14.6. The first-order chi connectivity index (χ1) is 4.83. The molecular formula is C7H16IO3PZn-. The molecule has 0 aliphatic rings. The Balaban J connectivity index is -0.000000500. The fraction of sp³-hybridized carbons (Fsp3) is 0.857. The van der Waals surface area contributed by atoms with Crippen LogP contribution in [0.15, 0.2) is 0 Å². The molecule has 3 nitrogen and oxygen atoms in total. The summed E-state index contributed by atoms with van der Waals surface area (Å²) in [5.74, 6) is 0. The van der Waals surface area contributed by atoms with E-state index in [0.29, 0.717) is 0 Å². The summed E-state index contributed by atoms with van der Waals surface area (Å²) in [7, 11) is -3.05. The van der Waals surface area contributed by atoms with Crippen LogP contribution in [0.5, 0.6) is 0 Å². The summed E-state index contributed by atoms with van der Waals surface area (Å²) in [6.07, 6.45) is -0.228. The molecule has 0 aromatic heterocycles. The van der Waals surface area contributed by atoms with E-state index < -0.39 is 7.94 Å². The summed E-state index contributed by atoms with van der Waals surface area (Å²) in [6, 6.07) is 0. The number of rotatable bonds is 4. The fourth-order valence-corrected chi connectivity index (χ4v) is 2.00. The van der Waals surface area contributed by atoms with Crippen LogP contribution in [0.3, 0.4) is 0 Å². The van der Waals surface area contributed by atoms with Crippen molar-refractivity contribution in [1.29, 1.82) is 0 Å². The predicted molar refractivity (Wildman–Crippen MR) is 45.4 cm³/mol. The molecule has 77 valence electrons. The minimum Gasteiger partial charge on any atom is -1.00 e. The molecule has 0 fully saturated rings. The summed E-state index contributed by atoms with van der Waals surface area (Å²) < 4.78 is 9.94. The van der Waals surface area contributed by atoms with Crippen molar-refractivity contribution in [2.24, 2.45) is 0 Å². The first-order valence-electron chi connectivity index (χ1n) is 3.64. The summed E-state index contributed by atoms with van der Waals surface area (Å²) in [5, 5.41) is 0. The SMILES string of the molecule is [CH2-][P+]([O])(OC(C)C)OC(C)C.[I-].[Zn]. The van der Waals surface area contributed by atoms with E-state index in [1.54, 1.807) is 27.7 Å². The smallest absolute Gasteiger partial charge is 0.320 e. The summed E-state index contributed by atoms with van der Waals surface area (Å²) >= 11 is 0. The van der Waals surface area contributed by atoms with Gasteiger partial charge in [0.1, 0.15) is 0 Å². The van der Waals surface area contributed by atoms with Crippen LogP contribution >= 0.6 is 7.94 Å². The zero-order chi connectivity index (χ0) is 9.07. The van der Waals surface area contributed by atoms with Crippen LogP contribution in [0.25, 0.3) is 0 Å². The second kappa shape index (κ2) is 8.93. The monoisotopic (exact) mass is 370 g/mol. The van der Waals surface area contributed by atoms with E-state index in [1.165, 1.54) is 0 Å². The second-order valence-electron chi connectivity index (χ2n) is 2.92. The first-order valence-corrected chi connectivity index (χ1v) is 5.37. The number of halogens is 1.